The number of halogens is 1. The van der Waals surface area contributed by atoms with Crippen molar-refractivity contribution < 1.29 is 9.59 Å². The molecule has 1 saturated heterocycles. The summed E-state index contributed by atoms with van der Waals surface area (Å²) in [7, 11) is 0. The zero-order valence-electron chi connectivity index (χ0n) is 16.5. The Bertz CT molecular complexity index is 656. The van der Waals surface area contributed by atoms with Gasteiger partial charge in [0.15, 0.2) is 0 Å². The summed E-state index contributed by atoms with van der Waals surface area (Å²) >= 11 is 0. The lowest BCUT2D eigenvalue weighted by atomic mass is 9.71. The summed E-state index contributed by atoms with van der Waals surface area (Å²) in [6, 6.07) is 7.63. The van der Waals surface area contributed by atoms with Crippen molar-refractivity contribution in [1.82, 2.24) is 10.2 Å². The lowest BCUT2D eigenvalue weighted by Crippen LogP contribution is -2.38. The molecule has 1 aliphatic heterocycles. The molecule has 28 heavy (non-hydrogen) atoms. The van der Waals surface area contributed by atoms with Crippen LogP contribution in [-0.2, 0) is 11.3 Å². The van der Waals surface area contributed by atoms with E-state index in [1.54, 1.807) is 0 Å². The Morgan fingerprint density at radius 1 is 1.07 bits per heavy atom. The number of nitrogens with zero attached hydrogens (tertiary/aromatic N) is 1. The summed E-state index contributed by atoms with van der Waals surface area (Å²) in [5, 5.41) is 5.97. The Morgan fingerprint density at radius 3 is 2.46 bits per heavy atom. The fourth-order valence-corrected chi connectivity index (χ4v) is 4.24. The zero-order chi connectivity index (χ0) is 19.1. The lowest BCUT2D eigenvalue weighted by Gasteiger charge is -2.35. The van der Waals surface area contributed by atoms with E-state index in [1.807, 2.05) is 29.2 Å². The number of carbonyl (C=O) groups excluding carboxylic acids is 2. The first kappa shape index (κ1) is 22.5. The van der Waals surface area contributed by atoms with E-state index < -0.39 is 0 Å². The van der Waals surface area contributed by atoms with Gasteiger partial charge in [-0.2, -0.15) is 0 Å². The second-order valence-corrected chi connectivity index (χ2v) is 8.04. The van der Waals surface area contributed by atoms with Crippen LogP contribution in [0.1, 0.15) is 56.9 Å². The van der Waals surface area contributed by atoms with Gasteiger partial charge in [0.1, 0.15) is 0 Å². The molecule has 6 nitrogen and oxygen atoms in total. The summed E-state index contributed by atoms with van der Waals surface area (Å²) in [5.74, 6) is 0.0638. The largest absolute Gasteiger partial charge is 0.352 e. The molecule has 1 heterocycles. The van der Waals surface area contributed by atoms with Crippen LogP contribution in [0, 0.1) is 5.41 Å². The van der Waals surface area contributed by atoms with Gasteiger partial charge in [-0.3, -0.25) is 4.79 Å². The molecule has 0 radical (unpaired) electrons. The Morgan fingerprint density at radius 2 is 1.79 bits per heavy atom. The van der Waals surface area contributed by atoms with Gasteiger partial charge in [0.2, 0.25) is 5.91 Å². The topological polar surface area (TPSA) is 87.5 Å². The molecule has 1 aromatic carbocycles. The maximum atomic E-state index is 12.4. The van der Waals surface area contributed by atoms with Crippen molar-refractivity contribution in [2.24, 2.45) is 11.1 Å². The van der Waals surface area contributed by atoms with Crippen molar-refractivity contribution in [2.75, 3.05) is 25.0 Å². The SMILES string of the molecule is Cl.NCC1(CC(=O)NCc2cccc(NC(=O)N3CCCC3)c2)CCCCC1. The number of amides is 3. The number of nitrogens with one attached hydrogen (secondary N) is 2. The van der Waals surface area contributed by atoms with Gasteiger partial charge < -0.3 is 21.3 Å². The van der Waals surface area contributed by atoms with Crippen LogP contribution in [0.25, 0.3) is 0 Å². The first-order valence-electron chi connectivity index (χ1n) is 10.2. The van der Waals surface area contributed by atoms with Gasteiger partial charge in [-0.15, -0.1) is 12.4 Å². The van der Waals surface area contributed by atoms with Gasteiger partial charge in [-0.1, -0.05) is 31.4 Å². The molecule has 4 N–H and O–H groups in total. The highest BCUT2D eigenvalue weighted by Crippen LogP contribution is 2.38. The van der Waals surface area contributed by atoms with Crippen LogP contribution >= 0.6 is 12.4 Å². The minimum Gasteiger partial charge on any atom is -0.352 e. The van der Waals surface area contributed by atoms with Gasteiger partial charge in [0.25, 0.3) is 0 Å². The molecule has 2 aliphatic rings. The minimum atomic E-state index is -0.0455. The maximum absolute atomic E-state index is 12.4. The summed E-state index contributed by atoms with van der Waals surface area (Å²) in [4.78, 5) is 26.5. The number of likely N-dealkylation sites (tertiary alicyclic amines) is 1. The van der Waals surface area contributed by atoms with Crippen LogP contribution in [0.2, 0.25) is 0 Å². The van der Waals surface area contributed by atoms with Gasteiger partial charge in [0, 0.05) is 31.7 Å². The summed E-state index contributed by atoms with van der Waals surface area (Å²) in [6.45, 7) is 2.69. The predicted molar refractivity (Wildman–Crippen MR) is 115 cm³/mol. The summed E-state index contributed by atoms with van der Waals surface area (Å²) in [6.07, 6.45) is 8.35. The van der Waals surface area contributed by atoms with E-state index in [-0.39, 0.29) is 29.8 Å². The third-order valence-corrected chi connectivity index (χ3v) is 5.94. The Labute approximate surface area is 174 Å². The van der Waals surface area contributed by atoms with Crippen LogP contribution in [-0.4, -0.2) is 36.5 Å². The monoisotopic (exact) mass is 408 g/mol. The fraction of sp³-hybridized carbons (Fsp3) is 0.619. The minimum absolute atomic E-state index is 0. The molecule has 7 heteroatoms. The molecule has 0 atom stereocenters. The fourth-order valence-electron chi connectivity index (χ4n) is 4.24. The number of urea groups is 1. The highest BCUT2D eigenvalue weighted by molar-refractivity contribution is 5.89. The third-order valence-electron chi connectivity index (χ3n) is 5.94. The second kappa shape index (κ2) is 10.7. The van der Waals surface area contributed by atoms with E-state index in [2.05, 4.69) is 10.6 Å². The van der Waals surface area contributed by atoms with Crippen LogP contribution in [0.5, 0.6) is 0 Å². The van der Waals surface area contributed by atoms with Crippen molar-refractivity contribution in [3.05, 3.63) is 29.8 Å². The average Bonchev–Trinajstić information content (AvgIpc) is 3.22. The van der Waals surface area contributed by atoms with Crippen molar-refractivity contribution in [2.45, 2.75) is 57.9 Å². The number of anilines is 1. The maximum Gasteiger partial charge on any atom is 0.321 e. The zero-order valence-corrected chi connectivity index (χ0v) is 17.4. The van der Waals surface area contributed by atoms with E-state index in [9.17, 15) is 9.59 Å². The van der Waals surface area contributed by atoms with Crippen LogP contribution < -0.4 is 16.4 Å². The average molecular weight is 409 g/mol. The predicted octanol–water partition coefficient (Wildman–Crippen LogP) is 3.65. The van der Waals surface area contributed by atoms with E-state index >= 15 is 0 Å². The number of benzene rings is 1. The third kappa shape index (κ3) is 6.11. The molecular weight excluding hydrogens is 376 g/mol. The van der Waals surface area contributed by atoms with Gasteiger partial charge >= 0.3 is 6.03 Å². The lowest BCUT2D eigenvalue weighted by molar-refractivity contribution is -0.124. The molecule has 3 amide bonds. The van der Waals surface area contributed by atoms with Crippen molar-refractivity contribution in [1.29, 1.82) is 0 Å². The molecule has 0 spiro atoms. The first-order valence-corrected chi connectivity index (χ1v) is 10.2. The highest BCUT2D eigenvalue weighted by atomic mass is 35.5. The van der Waals surface area contributed by atoms with Gasteiger partial charge in [-0.25, -0.2) is 4.79 Å². The van der Waals surface area contributed by atoms with Crippen molar-refractivity contribution in [3.63, 3.8) is 0 Å². The number of carbonyl (C=O) groups is 2. The number of nitrogens with two attached hydrogens (primary N) is 1. The van der Waals surface area contributed by atoms with E-state index in [0.29, 0.717) is 19.5 Å². The second-order valence-electron chi connectivity index (χ2n) is 8.04. The molecule has 1 aliphatic carbocycles. The molecule has 1 aromatic rings. The molecule has 1 saturated carbocycles. The molecule has 0 aromatic heterocycles. The van der Waals surface area contributed by atoms with Crippen LogP contribution in [0.3, 0.4) is 0 Å². The van der Waals surface area contributed by atoms with Crippen LogP contribution in [0.4, 0.5) is 10.5 Å². The Hall–Kier alpha value is -1.79. The molecule has 156 valence electrons. The standard InChI is InChI=1S/C21H32N4O2.ClH/c22-16-21(9-2-1-3-10-21)14-19(26)23-15-17-7-6-8-18(13-17)24-20(27)25-11-4-5-12-25;/h6-8,13H,1-5,9-12,14-16,22H2,(H,23,26)(H,24,27);1H. The molecule has 3 rings (SSSR count). The van der Waals surface area contributed by atoms with Crippen molar-refractivity contribution in [3.8, 4) is 0 Å². The Balaban J connectivity index is 0.00000280. The molecule has 2 fully saturated rings. The highest BCUT2D eigenvalue weighted by Gasteiger charge is 2.32. The van der Waals surface area contributed by atoms with E-state index in [1.165, 1.54) is 19.3 Å². The van der Waals surface area contributed by atoms with E-state index in [0.717, 1.165) is 50.0 Å². The van der Waals surface area contributed by atoms with Gasteiger partial charge in [-0.05, 0) is 55.3 Å². The molecule has 0 unspecified atom stereocenters. The van der Waals surface area contributed by atoms with Crippen LogP contribution in [0.15, 0.2) is 24.3 Å². The smallest absolute Gasteiger partial charge is 0.321 e. The number of rotatable bonds is 6. The molecule has 0 bridgehead atoms. The normalized spacial score (nSPS) is 18.2. The number of hydrogen-bond acceptors (Lipinski definition) is 3. The van der Waals surface area contributed by atoms with Gasteiger partial charge in [0.05, 0.1) is 0 Å². The number of hydrogen-bond donors (Lipinski definition) is 3. The Kier molecular flexibility index (Phi) is 8.58. The van der Waals surface area contributed by atoms with Crippen molar-refractivity contribution >= 4 is 30.0 Å². The first-order chi connectivity index (χ1) is 13.1. The quantitative estimate of drug-likeness (QED) is 0.671. The van der Waals surface area contributed by atoms with E-state index in [4.69, 9.17) is 5.73 Å². The summed E-state index contributed by atoms with van der Waals surface area (Å²) < 4.78 is 0. The summed E-state index contributed by atoms with van der Waals surface area (Å²) in [5.41, 5.74) is 7.72. The molecular formula is C21H33ClN4O2.